The van der Waals surface area contributed by atoms with Gasteiger partial charge in [0.2, 0.25) is 0 Å². The van der Waals surface area contributed by atoms with E-state index in [4.69, 9.17) is 8.83 Å². The Morgan fingerprint density at radius 3 is 1.65 bits per heavy atom. The molecule has 10 rings (SSSR count). The summed E-state index contributed by atoms with van der Waals surface area (Å²) in [5, 5.41) is 11.6. The number of hydrogen-bond acceptors (Lipinski definition) is 2. The van der Waals surface area contributed by atoms with Crippen LogP contribution in [0.25, 0.3) is 111 Å². The van der Waals surface area contributed by atoms with Crippen LogP contribution in [0.3, 0.4) is 0 Å². The minimum atomic E-state index is 0.865. The fourth-order valence-corrected chi connectivity index (χ4v) is 7.99. The minimum Gasteiger partial charge on any atom is -0.456 e. The van der Waals surface area contributed by atoms with Crippen molar-refractivity contribution in [2.45, 2.75) is 0 Å². The molecular weight excluding hydrogens is 585 g/mol. The first-order valence-corrected chi connectivity index (χ1v) is 16.2. The fraction of sp³-hybridized carbons (Fsp3) is 0. The molecule has 2 heterocycles. The minimum absolute atomic E-state index is 0.865. The van der Waals surface area contributed by atoms with Crippen LogP contribution in [0.1, 0.15) is 11.1 Å². The smallest absolute Gasteiger partial charge is 0.136 e. The topological polar surface area (TPSA) is 26.3 Å². The van der Waals surface area contributed by atoms with Gasteiger partial charge in [-0.1, -0.05) is 128 Å². The lowest BCUT2D eigenvalue weighted by molar-refractivity contribution is 0.669. The van der Waals surface area contributed by atoms with Gasteiger partial charge in [-0.15, -0.1) is 0 Å². The Bertz CT molecular complexity index is 2930. The van der Waals surface area contributed by atoms with Crippen molar-refractivity contribution in [2.75, 3.05) is 0 Å². The highest BCUT2D eigenvalue weighted by Crippen LogP contribution is 2.47. The van der Waals surface area contributed by atoms with Crippen molar-refractivity contribution >= 4 is 88.3 Å². The van der Waals surface area contributed by atoms with E-state index in [-0.39, 0.29) is 0 Å². The second-order valence-corrected chi connectivity index (χ2v) is 12.4. The summed E-state index contributed by atoms with van der Waals surface area (Å²) in [6.07, 6.45) is 3.86. The average molecular weight is 613 g/mol. The first kappa shape index (κ1) is 26.8. The third-order valence-corrected chi connectivity index (χ3v) is 10.0. The van der Waals surface area contributed by atoms with E-state index in [9.17, 15) is 0 Å². The van der Waals surface area contributed by atoms with E-state index in [1.165, 1.54) is 43.4 Å². The zero-order valence-corrected chi connectivity index (χ0v) is 26.1. The van der Waals surface area contributed by atoms with Crippen LogP contribution in [-0.4, -0.2) is 0 Å². The van der Waals surface area contributed by atoms with Crippen LogP contribution in [0.15, 0.2) is 155 Å². The Hall–Kier alpha value is -6.38. The number of para-hydroxylation sites is 1. The first-order valence-electron chi connectivity index (χ1n) is 16.2. The van der Waals surface area contributed by atoms with Crippen LogP contribution in [0, 0.1) is 0 Å². The van der Waals surface area contributed by atoms with Crippen molar-refractivity contribution in [2.24, 2.45) is 0 Å². The van der Waals surface area contributed by atoms with E-state index in [1.807, 2.05) is 24.3 Å². The summed E-state index contributed by atoms with van der Waals surface area (Å²) < 4.78 is 13.0. The maximum absolute atomic E-state index is 6.68. The normalized spacial score (nSPS) is 11.9. The zero-order valence-electron chi connectivity index (χ0n) is 26.1. The van der Waals surface area contributed by atoms with Crippen LogP contribution in [0.5, 0.6) is 0 Å². The largest absolute Gasteiger partial charge is 0.456 e. The lowest BCUT2D eigenvalue weighted by atomic mass is 9.84. The maximum atomic E-state index is 6.68. The van der Waals surface area contributed by atoms with E-state index in [1.54, 1.807) is 0 Å². The van der Waals surface area contributed by atoms with Crippen molar-refractivity contribution < 1.29 is 8.83 Å². The molecule has 0 atom stereocenters. The summed E-state index contributed by atoms with van der Waals surface area (Å²) in [5.41, 5.74) is 10.3. The predicted molar refractivity (Wildman–Crippen MR) is 205 cm³/mol. The lowest BCUT2D eigenvalue weighted by Gasteiger charge is -2.19. The van der Waals surface area contributed by atoms with Gasteiger partial charge in [0.1, 0.15) is 22.3 Å². The molecule has 48 heavy (non-hydrogen) atoms. The number of fused-ring (bicyclic) bond motifs is 11. The summed E-state index contributed by atoms with van der Waals surface area (Å²) in [7, 11) is 0. The highest BCUT2D eigenvalue weighted by molar-refractivity contribution is 6.31. The molecule has 0 N–H and O–H groups in total. The third kappa shape index (κ3) is 3.63. The van der Waals surface area contributed by atoms with Gasteiger partial charge in [-0.2, -0.15) is 0 Å². The predicted octanol–water partition coefficient (Wildman–Crippen LogP) is 13.6. The molecule has 0 aliphatic carbocycles. The van der Waals surface area contributed by atoms with Crippen LogP contribution < -0.4 is 0 Å². The summed E-state index contributed by atoms with van der Waals surface area (Å²) in [4.78, 5) is 0. The van der Waals surface area contributed by atoms with Gasteiger partial charge >= 0.3 is 0 Å². The lowest BCUT2D eigenvalue weighted by Crippen LogP contribution is -1.93. The summed E-state index contributed by atoms with van der Waals surface area (Å²) >= 11 is 0. The van der Waals surface area contributed by atoms with Crippen LogP contribution in [0.4, 0.5) is 0 Å². The molecule has 0 saturated carbocycles. The van der Waals surface area contributed by atoms with E-state index in [0.717, 1.165) is 66.1 Å². The maximum Gasteiger partial charge on any atom is 0.136 e. The number of benzene rings is 8. The van der Waals surface area contributed by atoms with Crippen molar-refractivity contribution in [3.8, 4) is 22.3 Å². The van der Waals surface area contributed by atoms with Crippen LogP contribution in [0.2, 0.25) is 0 Å². The zero-order chi connectivity index (χ0) is 31.9. The van der Waals surface area contributed by atoms with Crippen molar-refractivity contribution in [1.29, 1.82) is 0 Å². The van der Waals surface area contributed by atoms with Gasteiger partial charge in [0.05, 0.1) is 0 Å². The van der Waals surface area contributed by atoms with Gasteiger partial charge in [0.15, 0.2) is 0 Å². The number of hydrogen-bond donors (Lipinski definition) is 0. The molecule has 0 bridgehead atoms. The average Bonchev–Trinajstić information content (AvgIpc) is 3.71. The Morgan fingerprint density at radius 1 is 0.417 bits per heavy atom. The molecule has 0 fully saturated rings. The molecule has 0 aliphatic heterocycles. The second-order valence-electron chi connectivity index (χ2n) is 12.4. The molecule has 224 valence electrons. The Balaban J connectivity index is 1.29. The molecule has 2 heteroatoms. The highest BCUT2D eigenvalue weighted by Gasteiger charge is 2.21. The fourth-order valence-electron chi connectivity index (χ4n) is 7.99. The number of rotatable bonds is 4. The number of furan rings is 2. The Labute approximate surface area is 276 Å². The molecule has 0 spiro atoms. The Kier molecular flexibility index (Phi) is 5.62. The molecule has 10 aromatic rings. The van der Waals surface area contributed by atoms with E-state index in [0.29, 0.717) is 0 Å². The Morgan fingerprint density at radius 2 is 1.00 bits per heavy atom. The summed E-state index contributed by atoms with van der Waals surface area (Å²) in [6, 6.07) is 47.3. The molecule has 0 amide bonds. The molecule has 0 unspecified atom stereocenters. The molecule has 0 saturated heterocycles. The highest BCUT2D eigenvalue weighted by atomic mass is 16.3. The van der Waals surface area contributed by atoms with Gasteiger partial charge in [0, 0.05) is 26.9 Å². The van der Waals surface area contributed by atoms with E-state index >= 15 is 0 Å². The van der Waals surface area contributed by atoms with Crippen LogP contribution in [-0.2, 0) is 0 Å². The molecular formula is C46H28O2. The van der Waals surface area contributed by atoms with Crippen LogP contribution >= 0.6 is 0 Å². The monoisotopic (exact) mass is 612 g/mol. The van der Waals surface area contributed by atoms with Gasteiger partial charge < -0.3 is 8.83 Å². The second kappa shape index (κ2) is 10.1. The quantitative estimate of drug-likeness (QED) is 0.185. The third-order valence-electron chi connectivity index (χ3n) is 10.0. The summed E-state index contributed by atoms with van der Waals surface area (Å²) in [5.74, 6) is 0. The molecule has 2 nitrogen and oxygen atoms in total. The van der Waals surface area contributed by atoms with Gasteiger partial charge in [0.25, 0.3) is 0 Å². The van der Waals surface area contributed by atoms with Gasteiger partial charge in [-0.3, -0.25) is 0 Å². The van der Waals surface area contributed by atoms with Crippen molar-refractivity contribution in [3.63, 3.8) is 0 Å². The molecule has 2 aromatic heterocycles. The van der Waals surface area contributed by atoms with Gasteiger partial charge in [-0.25, -0.2) is 0 Å². The standard InChI is InChI=1S/C46H28O2/c1-3-27-12-11-18-31(30(27)4-2)44-34-15-7-5-13-32(34)42(33-14-6-8-16-35(33)44)29-20-23-37-41(26-29)48-40-25-22-28-21-24-39-45(43(28)46(37)40)36-17-9-10-19-38(36)47-39/h3-26H,1-2H2. The van der Waals surface area contributed by atoms with E-state index in [2.05, 4.69) is 134 Å². The SMILES string of the molecule is C=Cc1cccc(-c2c3ccccc3c(-c3ccc4c(c3)oc3ccc5ccc6oc7ccccc7c6c5c34)c3ccccc23)c1C=C. The summed E-state index contributed by atoms with van der Waals surface area (Å²) in [6.45, 7) is 8.26. The molecule has 0 aliphatic rings. The first-order chi connectivity index (χ1) is 23.7. The van der Waals surface area contributed by atoms with Gasteiger partial charge in [-0.05, 0) is 90.6 Å². The van der Waals surface area contributed by atoms with E-state index < -0.39 is 0 Å². The molecule has 8 aromatic carbocycles. The molecule has 0 radical (unpaired) electrons. The van der Waals surface area contributed by atoms with Crippen molar-refractivity contribution in [3.05, 3.63) is 158 Å². The van der Waals surface area contributed by atoms with Crippen molar-refractivity contribution in [1.82, 2.24) is 0 Å².